The molecule has 4 aromatic rings. The number of H-pyrrole nitrogens is 1. The summed E-state index contributed by atoms with van der Waals surface area (Å²) in [5.74, 6) is 0.307. The van der Waals surface area contributed by atoms with Crippen LogP contribution in [-0.4, -0.2) is 20.4 Å². The van der Waals surface area contributed by atoms with Crippen LogP contribution in [-0.2, 0) is 6.54 Å². The first kappa shape index (κ1) is 19.0. The third-order valence-corrected chi connectivity index (χ3v) is 5.42. The van der Waals surface area contributed by atoms with Crippen LogP contribution in [0.2, 0.25) is 0 Å². The van der Waals surface area contributed by atoms with Crippen LogP contribution in [0.5, 0.6) is 0 Å². The van der Waals surface area contributed by atoms with Crippen molar-refractivity contribution in [1.29, 1.82) is 0 Å². The van der Waals surface area contributed by atoms with E-state index in [1.165, 1.54) is 16.8 Å². The van der Waals surface area contributed by atoms with Gasteiger partial charge in [-0.15, -0.1) is 0 Å². The van der Waals surface area contributed by atoms with E-state index >= 15 is 0 Å². The molecule has 1 aromatic carbocycles. The Balaban J connectivity index is 1.59. The molecule has 1 aliphatic rings. The average molecular weight is 416 g/mol. The highest BCUT2D eigenvalue weighted by molar-refractivity contribution is 6.07. The van der Waals surface area contributed by atoms with Gasteiger partial charge in [0.2, 0.25) is 0 Å². The van der Waals surface area contributed by atoms with E-state index in [-0.39, 0.29) is 29.4 Å². The number of carbonyl (C=O) groups excluding carboxylic acids is 1. The maximum atomic E-state index is 13.5. The first-order valence-corrected chi connectivity index (χ1v) is 10.1. The summed E-state index contributed by atoms with van der Waals surface area (Å²) in [4.78, 5) is 46.4. The Labute approximate surface area is 176 Å². The fraction of sp³-hybridized carbons (Fsp3) is 0.217. The number of furan rings is 1. The van der Waals surface area contributed by atoms with Gasteiger partial charge < -0.3 is 9.32 Å². The highest BCUT2D eigenvalue weighted by Crippen LogP contribution is 2.34. The van der Waals surface area contributed by atoms with Crippen LogP contribution in [0.25, 0.3) is 11.0 Å². The molecule has 0 aliphatic heterocycles. The van der Waals surface area contributed by atoms with Gasteiger partial charge >= 0.3 is 5.69 Å². The van der Waals surface area contributed by atoms with E-state index in [1.807, 2.05) is 31.2 Å². The number of pyridine rings is 1. The molecule has 1 fully saturated rings. The molecule has 1 aliphatic carbocycles. The monoisotopic (exact) mass is 416 g/mol. The van der Waals surface area contributed by atoms with Crippen molar-refractivity contribution in [2.24, 2.45) is 0 Å². The molecule has 1 saturated carbocycles. The molecule has 3 aromatic heterocycles. The maximum absolute atomic E-state index is 13.5. The zero-order chi connectivity index (χ0) is 21.5. The number of amides is 1. The first-order chi connectivity index (χ1) is 15.0. The number of nitrogens with zero attached hydrogens (tertiary/aromatic N) is 3. The molecule has 5 rings (SSSR count). The van der Waals surface area contributed by atoms with Gasteiger partial charge in [0.05, 0.1) is 23.8 Å². The highest BCUT2D eigenvalue weighted by atomic mass is 16.3. The number of rotatable bonds is 5. The summed E-state index contributed by atoms with van der Waals surface area (Å²) < 4.78 is 6.95. The fourth-order valence-electron chi connectivity index (χ4n) is 3.65. The largest absolute Gasteiger partial charge is 0.467 e. The smallest absolute Gasteiger partial charge is 0.330 e. The van der Waals surface area contributed by atoms with Crippen LogP contribution in [0.4, 0.5) is 5.69 Å². The number of carbonyl (C=O) groups is 1. The normalized spacial score (nSPS) is 13.5. The van der Waals surface area contributed by atoms with Crippen molar-refractivity contribution < 1.29 is 9.21 Å². The zero-order valence-electron chi connectivity index (χ0n) is 16.9. The summed E-state index contributed by atoms with van der Waals surface area (Å²) in [6, 6.07) is 12.7. The second kappa shape index (κ2) is 7.39. The number of anilines is 1. The summed E-state index contributed by atoms with van der Waals surface area (Å²) >= 11 is 0. The maximum Gasteiger partial charge on any atom is 0.330 e. The summed E-state index contributed by atoms with van der Waals surface area (Å²) in [6.45, 7) is 2.20. The number of aromatic amines is 1. The topological polar surface area (TPSA) is 101 Å². The Morgan fingerprint density at radius 1 is 1.23 bits per heavy atom. The Kier molecular flexibility index (Phi) is 4.54. The van der Waals surface area contributed by atoms with E-state index in [4.69, 9.17) is 4.42 Å². The Hall–Kier alpha value is -3.94. The van der Waals surface area contributed by atoms with Crippen molar-refractivity contribution in [3.05, 3.63) is 92.6 Å². The van der Waals surface area contributed by atoms with Crippen molar-refractivity contribution in [2.75, 3.05) is 4.90 Å². The molecule has 0 bridgehead atoms. The van der Waals surface area contributed by atoms with E-state index in [0.29, 0.717) is 17.1 Å². The van der Waals surface area contributed by atoms with Crippen molar-refractivity contribution in [2.45, 2.75) is 32.4 Å². The van der Waals surface area contributed by atoms with Crippen molar-refractivity contribution >= 4 is 22.6 Å². The highest BCUT2D eigenvalue weighted by Gasteiger charge is 2.28. The summed E-state index contributed by atoms with van der Waals surface area (Å²) in [5, 5.41) is 0.221. The Morgan fingerprint density at radius 3 is 2.68 bits per heavy atom. The first-order valence-electron chi connectivity index (χ1n) is 10.1. The van der Waals surface area contributed by atoms with Gasteiger partial charge in [-0.2, -0.15) is 0 Å². The molecule has 156 valence electrons. The Bertz CT molecular complexity index is 1380. The Morgan fingerprint density at radius 2 is 2.00 bits per heavy atom. The lowest BCUT2D eigenvalue weighted by Gasteiger charge is -2.22. The van der Waals surface area contributed by atoms with E-state index in [0.717, 1.165) is 18.4 Å². The number of nitrogens with one attached hydrogen (secondary N) is 1. The van der Waals surface area contributed by atoms with Crippen LogP contribution in [0.3, 0.4) is 0 Å². The summed E-state index contributed by atoms with van der Waals surface area (Å²) in [7, 11) is 0. The molecular formula is C23H20N4O4. The SMILES string of the molecule is Cc1ccc(N(Cc2ccco2)C(=O)c2cnc3c(c2)c(=O)[nH]c(=O)n3C2CC2)cc1. The molecule has 0 radical (unpaired) electrons. The molecule has 3 heterocycles. The number of hydrogen-bond donors (Lipinski definition) is 1. The van der Waals surface area contributed by atoms with E-state index in [1.54, 1.807) is 23.3 Å². The lowest BCUT2D eigenvalue weighted by molar-refractivity contribution is 0.0983. The van der Waals surface area contributed by atoms with Gasteiger partial charge in [-0.25, -0.2) is 9.78 Å². The van der Waals surface area contributed by atoms with Crippen LogP contribution < -0.4 is 16.1 Å². The molecule has 0 saturated heterocycles. The van der Waals surface area contributed by atoms with Crippen LogP contribution in [0.15, 0.2) is 68.9 Å². The third kappa shape index (κ3) is 3.56. The fourth-order valence-corrected chi connectivity index (χ4v) is 3.65. The lowest BCUT2D eigenvalue weighted by atomic mass is 10.1. The van der Waals surface area contributed by atoms with Crippen molar-refractivity contribution in [1.82, 2.24) is 14.5 Å². The lowest BCUT2D eigenvalue weighted by Crippen LogP contribution is -2.32. The molecule has 1 N–H and O–H groups in total. The number of aromatic nitrogens is 3. The minimum Gasteiger partial charge on any atom is -0.467 e. The number of hydrogen-bond acceptors (Lipinski definition) is 5. The molecule has 0 unspecified atom stereocenters. The zero-order valence-corrected chi connectivity index (χ0v) is 16.9. The molecule has 31 heavy (non-hydrogen) atoms. The quantitative estimate of drug-likeness (QED) is 0.539. The van der Waals surface area contributed by atoms with Crippen LogP contribution in [0.1, 0.15) is 40.6 Å². The van der Waals surface area contributed by atoms with Crippen LogP contribution in [0, 0.1) is 6.92 Å². The van der Waals surface area contributed by atoms with E-state index in [2.05, 4.69) is 9.97 Å². The third-order valence-electron chi connectivity index (χ3n) is 5.42. The molecule has 8 nitrogen and oxygen atoms in total. The second-order valence-electron chi connectivity index (χ2n) is 7.76. The van der Waals surface area contributed by atoms with Gasteiger partial charge in [-0.3, -0.25) is 19.1 Å². The predicted molar refractivity (Wildman–Crippen MR) is 115 cm³/mol. The van der Waals surface area contributed by atoms with Gasteiger partial charge in [-0.05, 0) is 50.1 Å². The average Bonchev–Trinajstić information content (AvgIpc) is 3.46. The molecule has 8 heteroatoms. The van der Waals surface area contributed by atoms with Crippen molar-refractivity contribution in [3.8, 4) is 0 Å². The molecule has 0 spiro atoms. The predicted octanol–water partition coefficient (Wildman–Crippen LogP) is 3.17. The number of benzene rings is 1. The number of fused-ring (bicyclic) bond motifs is 1. The van der Waals surface area contributed by atoms with E-state index < -0.39 is 11.2 Å². The minimum absolute atomic E-state index is 0.0453. The van der Waals surface area contributed by atoms with Gasteiger partial charge in [0.15, 0.2) is 0 Å². The summed E-state index contributed by atoms with van der Waals surface area (Å²) in [5.41, 5.74) is 1.32. The van der Waals surface area contributed by atoms with Gasteiger partial charge in [0, 0.05) is 17.9 Å². The standard InChI is InChI=1S/C23H20N4O4/c1-14-4-6-16(7-5-14)26(13-18-3-2-10-31-18)22(29)15-11-19-20(24-12-15)27(17-8-9-17)23(30)25-21(19)28/h2-7,10-12,17H,8-9,13H2,1H3,(H,25,28,30). The molecular weight excluding hydrogens is 396 g/mol. The van der Waals surface area contributed by atoms with Gasteiger partial charge in [0.25, 0.3) is 11.5 Å². The van der Waals surface area contributed by atoms with E-state index in [9.17, 15) is 14.4 Å². The molecule has 0 atom stereocenters. The summed E-state index contributed by atoms with van der Waals surface area (Å²) in [6.07, 6.45) is 4.72. The second-order valence-corrected chi connectivity index (χ2v) is 7.76. The van der Waals surface area contributed by atoms with Gasteiger partial charge in [0.1, 0.15) is 11.4 Å². The number of aryl methyl sites for hydroxylation is 1. The van der Waals surface area contributed by atoms with Gasteiger partial charge in [-0.1, -0.05) is 17.7 Å². The van der Waals surface area contributed by atoms with Crippen molar-refractivity contribution in [3.63, 3.8) is 0 Å². The van der Waals surface area contributed by atoms with Crippen LogP contribution >= 0.6 is 0 Å². The minimum atomic E-state index is -0.549. The molecule has 1 amide bonds.